The van der Waals surface area contributed by atoms with Crippen LogP contribution in [0, 0.1) is 5.92 Å². The first kappa shape index (κ1) is 12.8. The molecule has 1 unspecified atom stereocenters. The van der Waals surface area contributed by atoms with Gasteiger partial charge in [-0.1, -0.05) is 12.1 Å². The summed E-state index contributed by atoms with van der Waals surface area (Å²) in [7, 11) is 0. The molecule has 2 heterocycles. The van der Waals surface area contributed by atoms with E-state index in [-0.39, 0.29) is 6.10 Å². The zero-order valence-corrected chi connectivity index (χ0v) is 11.2. The molecule has 104 valence electrons. The monoisotopic (exact) mass is 262 g/mol. The standard InChI is InChI=1S/C15H22N2O2/c1-2-4-15-14(3-1)18-11-13(19-15)10-17-9-12-5-7-16-8-6-12/h1-4,12-13,16-17H,5-11H2. The van der Waals surface area contributed by atoms with Crippen LogP contribution in [0.5, 0.6) is 11.5 Å². The average Bonchev–Trinajstić information content (AvgIpc) is 2.48. The van der Waals surface area contributed by atoms with E-state index in [9.17, 15) is 0 Å². The summed E-state index contributed by atoms with van der Waals surface area (Å²) in [5, 5.41) is 6.92. The minimum absolute atomic E-state index is 0.122. The van der Waals surface area contributed by atoms with Crippen LogP contribution in [0.4, 0.5) is 0 Å². The van der Waals surface area contributed by atoms with Crippen LogP contribution in [0.1, 0.15) is 12.8 Å². The van der Waals surface area contributed by atoms with E-state index in [0.29, 0.717) is 6.61 Å². The maximum Gasteiger partial charge on any atom is 0.161 e. The molecule has 19 heavy (non-hydrogen) atoms. The highest BCUT2D eigenvalue weighted by atomic mass is 16.6. The summed E-state index contributed by atoms with van der Waals surface area (Å²) in [5.74, 6) is 2.53. The van der Waals surface area contributed by atoms with Crippen LogP contribution < -0.4 is 20.1 Å². The van der Waals surface area contributed by atoms with Crippen molar-refractivity contribution >= 4 is 0 Å². The molecule has 0 saturated carbocycles. The van der Waals surface area contributed by atoms with E-state index in [0.717, 1.165) is 43.6 Å². The highest BCUT2D eigenvalue weighted by Gasteiger charge is 2.20. The molecular weight excluding hydrogens is 240 g/mol. The minimum Gasteiger partial charge on any atom is -0.486 e. The molecule has 1 aromatic rings. The van der Waals surface area contributed by atoms with Gasteiger partial charge in [0.1, 0.15) is 12.7 Å². The number of para-hydroxylation sites is 2. The van der Waals surface area contributed by atoms with Crippen LogP contribution in [0.25, 0.3) is 0 Å². The SMILES string of the molecule is c1ccc2c(c1)OCC(CNCC1CCNCC1)O2. The minimum atomic E-state index is 0.122. The molecular formula is C15H22N2O2. The largest absolute Gasteiger partial charge is 0.486 e. The first-order valence-corrected chi connectivity index (χ1v) is 7.22. The number of benzene rings is 1. The smallest absolute Gasteiger partial charge is 0.161 e. The highest BCUT2D eigenvalue weighted by molar-refractivity contribution is 5.40. The molecule has 0 radical (unpaired) electrons. The van der Waals surface area contributed by atoms with Gasteiger partial charge in [0, 0.05) is 6.54 Å². The van der Waals surface area contributed by atoms with Crippen molar-refractivity contribution in [2.45, 2.75) is 18.9 Å². The van der Waals surface area contributed by atoms with Crippen LogP contribution in [0.2, 0.25) is 0 Å². The van der Waals surface area contributed by atoms with Crippen molar-refractivity contribution in [3.8, 4) is 11.5 Å². The molecule has 3 rings (SSSR count). The number of piperidine rings is 1. The topological polar surface area (TPSA) is 42.5 Å². The fourth-order valence-corrected chi connectivity index (χ4v) is 2.70. The van der Waals surface area contributed by atoms with Crippen molar-refractivity contribution in [3.63, 3.8) is 0 Å². The zero-order valence-electron chi connectivity index (χ0n) is 11.2. The summed E-state index contributed by atoms with van der Waals surface area (Å²) in [4.78, 5) is 0. The Morgan fingerprint density at radius 1 is 1.11 bits per heavy atom. The summed E-state index contributed by atoms with van der Waals surface area (Å²) in [5.41, 5.74) is 0. The lowest BCUT2D eigenvalue weighted by Gasteiger charge is -2.28. The number of ether oxygens (including phenoxy) is 2. The second-order valence-electron chi connectivity index (χ2n) is 5.35. The first-order chi connectivity index (χ1) is 9.42. The van der Waals surface area contributed by atoms with E-state index in [1.807, 2.05) is 24.3 Å². The molecule has 2 aliphatic rings. The molecule has 1 saturated heterocycles. The summed E-state index contributed by atoms with van der Waals surface area (Å²) >= 11 is 0. The quantitative estimate of drug-likeness (QED) is 0.861. The van der Waals surface area contributed by atoms with Gasteiger partial charge in [0.2, 0.25) is 0 Å². The third-order valence-corrected chi connectivity index (χ3v) is 3.83. The summed E-state index contributed by atoms with van der Waals surface area (Å²) in [6.45, 7) is 4.89. The van der Waals surface area contributed by atoms with Crippen molar-refractivity contribution in [1.29, 1.82) is 0 Å². The normalized spacial score (nSPS) is 23.3. The Bertz CT molecular complexity index is 405. The number of nitrogens with one attached hydrogen (secondary N) is 2. The van der Waals surface area contributed by atoms with Crippen molar-refractivity contribution in [2.75, 3.05) is 32.8 Å². The fourth-order valence-electron chi connectivity index (χ4n) is 2.70. The molecule has 4 nitrogen and oxygen atoms in total. The Labute approximate surface area is 114 Å². The van der Waals surface area contributed by atoms with Crippen LogP contribution in [-0.4, -0.2) is 38.9 Å². The maximum absolute atomic E-state index is 5.92. The predicted molar refractivity (Wildman–Crippen MR) is 74.8 cm³/mol. The number of hydrogen-bond acceptors (Lipinski definition) is 4. The third-order valence-electron chi connectivity index (χ3n) is 3.83. The Morgan fingerprint density at radius 2 is 1.89 bits per heavy atom. The van der Waals surface area contributed by atoms with E-state index in [1.165, 1.54) is 12.8 Å². The lowest BCUT2D eigenvalue weighted by atomic mass is 9.98. The molecule has 1 aromatic carbocycles. The van der Waals surface area contributed by atoms with Crippen LogP contribution >= 0.6 is 0 Å². The van der Waals surface area contributed by atoms with Gasteiger partial charge in [-0.05, 0) is 50.5 Å². The Morgan fingerprint density at radius 3 is 2.74 bits per heavy atom. The van der Waals surface area contributed by atoms with Gasteiger partial charge in [0.25, 0.3) is 0 Å². The first-order valence-electron chi connectivity index (χ1n) is 7.22. The molecule has 2 aliphatic heterocycles. The van der Waals surface area contributed by atoms with Gasteiger partial charge >= 0.3 is 0 Å². The van der Waals surface area contributed by atoms with E-state index in [2.05, 4.69) is 10.6 Å². The molecule has 4 heteroatoms. The van der Waals surface area contributed by atoms with Gasteiger partial charge in [0.05, 0.1) is 0 Å². The Hall–Kier alpha value is -1.26. The van der Waals surface area contributed by atoms with Gasteiger partial charge in [0.15, 0.2) is 11.5 Å². The maximum atomic E-state index is 5.92. The Kier molecular flexibility index (Phi) is 4.20. The second-order valence-corrected chi connectivity index (χ2v) is 5.35. The lowest BCUT2D eigenvalue weighted by molar-refractivity contribution is 0.0893. The van der Waals surface area contributed by atoms with E-state index < -0.39 is 0 Å². The number of hydrogen-bond donors (Lipinski definition) is 2. The molecule has 0 aliphatic carbocycles. The summed E-state index contributed by atoms with van der Waals surface area (Å²) < 4.78 is 11.6. The third kappa shape index (κ3) is 3.39. The van der Waals surface area contributed by atoms with Gasteiger partial charge < -0.3 is 20.1 Å². The molecule has 0 bridgehead atoms. The van der Waals surface area contributed by atoms with E-state index >= 15 is 0 Å². The van der Waals surface area contributed by atoms with Crippen molar-refractivity contribution in [3.05, 3.63) is 24.3 Å². The molecule has 0 aromatic heterocycles. The van der Waals surface area contributed by atoms with Crippen molar-refractivity contribution in [2.24, 2.45) is 5.92 Å². The zero-order chi connectivity index (χ0) is 12.9. The van der Waals surface area contributed by atoms with E-state index in [1.54, 1.807) is 0 Å². The van der Waals surface area contributed by atoms with Gasteiger partial charge in [-0.3, -0.25) is 0 Å². The van der Waals surface area contributed by atoms with Crippen molar-refractivity contribution < 1.29 is 9.47 Å². The highest BCUT2D eigenvalue weighted by Crippen LogP contribution is 2.30. The number of fused-ring (bicyclic) bond motifs is 1. The predicted octanol–water partition coefficient (Wildman–Crippen LogP) is 1.42. The Balaban J connectivity index is 1.42. The van der Waals surface area contributed by atoms with Crippen molar-refractivity contribution in [1.82, 2.24) is 10.6 Å². The lowest BCUT2D eigenvalue weighted by Crippen LogP contribution is -2.41. The number of rotatable bonds is 4. The van der Waals surface area contributed by atoms with Gasteiger partial charge in [-0.15, -0.1) is 0 Å². The van der Waals surface area contributed by atoms with Crippen LogP contribution in [0.15, 0.2) is 24.3 Å². The van der Waals surface area contributed by atoms with Gasteiger partial charge in [-0.2, -0.15) is 0 Å². The molecule has 0 spiro atoms. The molecule has 1 atom stereocenters. The van der Waals surface area contributed by atoms with Crippen LogP contribution in [-0.2, 0) is 0 Å². The molecule has 2 N–H and O–H groups in total. The fraction of sp³-hybridized carbons (Fsp3) is 0.600. The summed E-state index contributed by atoms with van der Waals surface area (Å²) in [6, 6.07) is 7.87. The molecule has 0 amide bonds. The average molecular weight is 262 g/mol. The van der Waals surface area contributed by atoms with Gasteiger partial charge in [-0.25, -0.2) is 0 Å². The second kappa shape index (κ2) is 6.26. The molecule has 1 fully saturated rings. The van der Waals surface area contributed by atoms with E-state index in [4.69, 9.17) is 9.47 Å². The summed E-state index contributed by atoms with van der Waals surface area (Å²) in [6.07, 6.45) is 2.67. The van der Waals surface area contributed by atoms with Crippen LogP contribution in [0.3, 0.4) is 0 Å².